The molecule has 0 spiro atoms. The van der Waals surface area contributed by atoms with E-state index in [9.17, 15) is 0 Å². The van der Waals surface area contributed by atoms with Crippen LogP contribution in [0.3, 0.4) is 0 Å². The molecule has 0 aliphatic carbocycles. The summed E-state index contributed by atoms with van der Waals surface area (Å²) in [6.07, 6.45) is 0. The Balaban J connectivity index is 1.33. The van der Waals surface area contributed by atoms with Gasteiger partial charge < -0.3 is 13.6 Å². The Kier molecular flexibility index (Phi) is 5.96. The van der Waals surface area contributed by atoms with Crippen LogP contribution in [0.1, 0.15) is 0 Å². The van der Waals surface area contributed by atoms with Crippen LogP contribution < -0.4 is 0 Å². The second kappa shape index (κ2) is 10.8. The smallest absolute Gasteiger partial charge is 0.128 e. The largest absolute Gasteiger partial charge is 0.457 e. The Morgan fingerprint density at radius 1 is 0.275 bits per heavy atom. The predicted octanol–water partition coefficient (Wildman–Crippen LogP) is 13.2. The summed E-state index contributed by atoms with van der Waals surface area (Å²) >= 11 is 0. The molecule has 3 nitrogen and oxygen atoms in total. The van der Waals surface area contributed by atoms with E-state index in [0.717, 1.165) is 44.1 Å². The zero-order valence-electron chi connectivity index (χ0n) is 27.6. The molecule has 0 N–H and O–H groups in total. The first-order valence-corrected chi connectivity index (χ1v) is 17.4. The lowest BCUT2D eigenvalue weighted by molar-refractivity contribution is 0.656. The quantitative estimate of drug-likeness (QED) is 0.183. The lowest BCUT2D eigenvalue weighted by Gasteiger charge is -2.08. The molecule has 3 aromatic heterocycles. The van der Waals surface area contributed by atoms with Gasteiger partial charge in [-0.15, -0.1) is 0 Å². The lowest BCUT2D eigenvalue weighted by Crippen LogP contribution is -1.92. The standard InChI is InChI=1S/C48H30N2O/c1-3-11-37(12-4-1)49-45-21-17-33-27-41(45)43-29-35(19-23-47(43)49)36-20-24-48-44(30-36)42-28-34(18-22-46(42)50(48)38-13-5-2-6-14-38)32-10-8-16-40(26-32)51-39-15-7-9-31(33)25-39/h1-30H. The normalized spacial score (nSPS) is 11.9. The Hall–Kier alpha value is -6.84. The zero-order valence-corrected chi connectivity index (χ0v) is 27.6. The average Bonchev–Trinajstić information content (AvgIpc) is 3.70. The monoisotopic (exact) mass is 650 g/mol. The molecule has 0 unspecified atom stereocenters. The summed E-state index contributed by atoms with van der Waals surface area (Å²) in [7, 11) is 0. The molecule has 11 aromatic rings. The summed E-state index contributed by atoms with van der Waals surface area (Å²) in [4.78, 5) is 0. The summed E-state index contributed by atoms with van der Waals surface area (Å²) in [5.41, 5.74) is 8.65. The second-order valence-electron chi connectivity index (χ2n) is 13.4. The van der Waals surface area contributed by atoms with Crippen molar-refractivity contribution >= 4 is 87.1 Å². The predicted molar refractivity (Wildman–Crippen MR) is 215 cm³/mol. The maximum absolute atomic E-state index is 6.54. The number of hydrogen-bond acceptors (Lipinski definition) is 1. The van der Waals surface area contributed by atoms with E-state index in [-0.39, 0.29) is 0 Å². The molecule has 3 heterocycles. The molecule has 238 valence electrons. The van der Waals surface area contributed by atoms with Crippen LogP contribution in [0.25, 0.3) is 98.5 Å². The summed E-state index contributed by atoms with van der Waals surface area (Å²) in [6, 6.07) is 65.7. The molecule has 11 rings (SSSR count). The van der Waals surface area contributed by atoms with E-state index in [4.69, 9.17) is 4.42 Å². The zero-order chi connectivity index (χ0) is 33.5. The van der Waals surface area contributed by atoms with Crippen molar-refractivity contribution < 1.29 is 4.42 Å². The highest BCUT2D eigenvalue weighted by atomic mass is 16.3. The summed E-state index contributed by atoms with van der Waals surface area (Å²) in [5, 5.41) is 11.8. The van der Waals surface area contributed by atoms with E-state index >= 15 is 0 Å². The molecule has 3 heteroatoms. The van der Waals surface area contributed by atoms with Crippen LogP contribution in [0.2, 0.25) is 0 Å². The van der Waals surface area contributed by atoms with Crippen LogP contribution in [0.5, 0.6) is 0 Å². The van der Waals surface area contributed by atoms with Crippen LogP contribution in [-0.4, -0.2) is 9.13 Å². The number of fused-ring (bicyclic) bond motifs is 11. The van der Waals surface area contributed by atoms with Crippen molar-refractivity contribution in [2.75, 3.05) is 0 Å². The van der Waals surface area contributed by atoms with E-state index in [1.807, 2.05) is 12.1 Å². The van der Waals surface area contributed by atoms with E-state index < -0.39 is 0 Å². The van der Waals surface area contributed by atoms with Crippen molar-refractivity contribution in [2.24, 2.45) is 0 Å². The second-order valence-corrected chi connectivity index (χ2v) is 13.4. The molecule has 8 aromatic carbocycles. The molecular weight excluding hydrogens is 621 g/mol. The third-order valence-electron chi connectivity index (χ3n) is 10.5. The van der Waals surface area contributed by atoms with Crippen molar-refractivity contribution in [1.82, 2.24) is 9.13 Å². The number of hydrogen-bond donors (Lipinski definition) is 0. The molecule has 0 fully saturated rings. The summed E-state index contributed by atoms with van der Waals surface area (Å²) in [6.45, 7) is 0. The maximum atomic E-state index is 6.54. The van der Waals surface area contributed by atoms with E-state index in [2.05, 4.69) is 179 Å². The van der Waals surface area contributed by atoms with Gasteiger partial charge in [-0.3, -0.25) is 0 Å². The Morgan fingerprint density at radius 2 is 0.608 bits per heavy atom. The van der Waals surface area contributed by atoms with E-state index in [1.54, 1.807) is 0 Å². The van der Waals surface area contributed by atoms with Gasteiger partial charge in [0, 0.05) is 32.9 Å². The molecule has 0 aliphatic rings. The Bertz CT molecular complexity index is 3020. The van der Waals surface area contributed by atoms with Crippen LogP contribution in [0.15, 0.2) is 186 Å². The van der Waals surface area contributed by atoms with Crippen molar-refractivity contribution in [3.05, 3.63) is 182 Å². The third kappa shape index (κ3) is 4.38. The fourth-order valence-corrected chi connectivity index (χ4v) is 8.09. The number of rotatable bonds is 2. The minimum atomic E-state index is 0.810. The highest BCUT2D eigenvalue weighted by Gasteiger charge is 2.15. The van der Waals surface area contributed by atoms with Crippen molar-refractivity contribution in [2.45, 2.75) is 0 Å². The molecule has 0 saturated heterocycles. The number of para-hydroxylation sites is 2. The Labute approximate surface area is 293 Å². The minimum Gasteiger partial charge on any atom is -0.457 e. The van der Waals surface area contributed by atoms with Gasteiger partial charge in [-0.05, 0) is 129 Å². The first kappa shape index (κ1) is 28.0. The molecule has 0 saturated carbocycles. The summed E-state index contributed by atoms with van der Waals surface area (Å²) < 4.78 is 11.3. The van der Waals surface area contributed by atoms with Crippen LogP contribution in [0, 0.1) is 0 Å². The SMILES string of the molecule is c1ccc(-n2c3ccc4cc3c3cc(ccc32)c2ccc3c(c2)c2cc(ccc2n3-c2ccccc2)c2cccc(c2)oc2cccc4c2)cc1. The van der Waals surface area contributed by atoms with Gasteiger partial charge in [-0.1, -0.05) is 84.9 Å². The van der Waals surface area contributed by atoms with Gasteiger partial charge in [0.1, 0.15) is 11.2 Å². The maximum Gasteiger partial charge on any atom is 0.128 e. The lowest BCUT2D eigenvalue weighted by atomic mass is 10.0. The van der Waals surface area contributed by atoms with Crippen molar-refractivity contribution in [3.63, 3.8) is 0 Å². The van der Waals surface area contributed by atoms with Gasteiger partial charge in [0.15, 0.2) is 0 Å². The first-order valence-electron chi connectivity index (χ1n) is 17.4. The number of aromatic nitrogens is 2. The topological polar surface area (TPSA) is 23.0 Å². The van der Waals surface area contributed by atoms with Gasteiger partial charge >= 0.3 is 0 Å². The van der Waals surface area contributed by atoms with Gasteiger partial charge in [0.05, 0.1) is 22.1 Å². The van der Waals surface area contributed by atoms with Gasteiger partial charge in [-0.2, -0.15) is 0 Å². The first-order chi connectivity index (χ1) is 25.2. The highest BCUT2D eigenvalue weighted by Crippen LogP contribution is 2.38. The molecule has 0 radical (unpaired) electrons. The molecule has 0 amide bonds. The highest BCUT2D eigenvalue weighted by molar-refractivity contribution is 6.16. The van der Waals surface area contributed by atoms with Crippen LogP contribution in [0.4, 0.5) is 0 Å². The van der Waals surface area contributed by atoms with Crippen molar-refractivity contribution in [3.8, 4) is 11.4 Å². The van der Waals surface area contributed by atoms with Gasteiger partial charge in [0.2, 0.25) is 0 Å². The molecular formula is C48H30N2O. The minimum absolute atomic E-state index is 0.810. The van der Waals surface area contributed by atoms with Crippen molar-refractivity contribution in [1.29, 1.82) is 0 Å². The van der Waals surface area contributed by atoms with Crippen LogP contribution >= 0.6 is 0 Å². The molecule has 12 bridgehead atoms. The number of nitrogens with zero attached hydrogens (tertiary/aromatic N) is 2. The fraction of sp³-hybridized carbons (Fsp3) is 0. The average molecular weight is 651 g/mol. The molecule has 0 aliphatic heterocycles. The molecule has 51 heavy (non-hydrogen) atoms. The third-order valence-corrected chi connectivity index (χ3v) is 10.5. The van der Waals surface area contributed by atoms with Crippen LogP contribution in [-0.2, 0) is 0 Å². The summed E-state index contributed by atoms with van der Waals surface area (Å²) in [5.74, 6) is 0. The van der Waals surface area contributed by atoms with E-state index in [0.29, 0.717) is 0 Å². The van der Waals surface area contributed by atoms with Gasteiger partial charge in [0.25, 0.3) is 0 Å². The Morgan fingerprint density at radius 3 is 0.961 bits per heavy atom. The van der Waals surface area contributed by atoms with E-state index in [1.165, 1.54) is 54.4 Å². The van der Waals surface area contributed by atoms with Gasteiger partial charge in [-0.25, -0.2) is 0 Å². The molecule has 0 atom stereocenters. The fourth-order valence-electron chi connectivity index (χ4n) is 8.09. The number of benzene rings is 8.